The molecule has 0 radical (unpaired) electrons. The molecule has 0 fully saturated rings. The largest absolute Gasteiger partial charge is 0.424 e. The maximum Gasteiger partial charge on any atom is 0.226 e. The minimum atomic E-state index is 0.669. The van der Waals surface area contributed by atoms with Crippen molar-refractivity contribution in [3.63, 3.8) is 0 Å². The van der Waals surface area contributed by atoms with Crippen LogP contribution >= 0.6 is 23.5 Å². The van der Waals surface area contributed by atoms with Crippen LogP contribution in [-0.2, 0) is 12.2 Å². The van der Waals surface area contributed by atoms with Gasteiger partial charge in [-0.25, -0.2) is 0 Å². The highest BCUT2D eigenvalue weighted by Gasteiger charge is 2.11. The Kier molecular flexibility index (Phi) is 4.20. The zero-order valence-electron chi connectivity index (χ0n) is 10.3. The molecular weight excluding hydrogens is 278 g/mol. The van der Waals surface area contributed by atoms with E-state index in [0.717, 1.165) is 16.7 Å². The van der Waals surface area contributed by atoms with Crippen LogP contribution in [0.5, 0.6) is 0 Å². The molecule has 19 heavy (non-hydrogen) atoms. The average Bonchev–Trinajstić information content (AvgIpc) is 3.09. The number of aromatic nitrogens is 2. The molecule has 0 spiro atoms. The normalized spacial score (nSPS) is 14.6. The molecule has 0 aliphatic carbocycles. The molecule has 4 nitrogen and oxygen atoms in total. The highest BCUT2D eigenvalue weighted by Crippen LogP contribution is 2.24. The van der Waals surface area contributed by atoms with E-state index in [0.29, 0.717) is 24.0 Å². The van der Waals surface area contributed by atoms with E-state index in [1.807, 2.05) is 18.2 Å². The first-order valence-electron chi connectivity index (χ1n) is 6.05. The molecule has 0 saturated carbocycles. The fourth-order valence-corrected chi connectivity index (χ4v) is 3.56. The SMILES string of the molecule is c1ccc(Cc2nnc(CSC3=NCCS3)o2)cc1. The molecule has 1 aromatic heterocycles. The third-order valence-electron chi connectivity index (χ3n) is 2.58. The molecule has 2 heterocycles. The summed E-state index contributed by atoms with van der Waals surface area (Å²) in [7, 11) is 0. The second-order valence-corrected chi connectivity index (χ2v) is 6.34. The van der Waals surface area contributed by atoms with E-state index in [1.165, 1.54) is 5.56 Å². The van der Waals surface area contributed by atoms with Gasteiger partial charge in [-0.15, -0.1) is 10.2 Å². The van der Waals surface area contributed by atoms with Crippen LogP contribution in [0.2, 0.25) is 0 Å². The Hall–Kier alpha value is -1.27. The first-order chi connectivity index (χ1) is 9.40. The molecule has 3 rings (SSSR count). The molecule has 0 atom stereocenters. The summed E-state index contributed by atoms with van der Waals surface area (Å²) >= 11 is 3.47. The van der Waals surface area contributed by atoms with Crippen LogP contribution in [0, 0.1) is 0 Å². The first-order valence-corrected chi connectivity index (χ1v) is 8.02. The van der Waals surface area contributed by atoms with Crippen molar-refractivity contribution in [2.45, 2.75) is 12.2 Å². The summed E-state index contributed by atoms with van der Waals surface area (Å²) in [4.78, 5) is 4.38. The van der Waals surface area contributed by atoms with E-state index in [-0.39, 0.29) is 0 Å². The van der Waals surface area contributed by atoms with E-state index in [9.17, 15) is 0 Å². The topological polar surface area (TPSA) is 51.3 Å². The highest BCUT2D eigenvalue weighted by atomic mass is 32.2. The average molecular weight is 291 g/mol. The molecule has 0 saturated heterocycles. The predicted molar refractivity (Wildman–Crippen MR) is 79.6 cm³/mol. The van der Waals surface area contributed by atoms with Crippen molar-refractivity contribution in [3.05, 3.63) is 47.7 Å². The standard InChI is InChI=1S/C13H13N3OS2/c1-2-4-10(5-3-1)8-11-15-16-12(17-11)9-19-13-14-6-7-18-13/h1-5H,6-9H2. The lowest BCUT2D eigenvalue weighted by atomic mass is 10.2. The molecule has 98 valence electrons. The van der Waals surface area contributed by atoms with E-state index >= 15 is 0 Å². The Morgan fingerprint density at radius 3 is 2.79 bits per heavy atom. The molecule has 1 aromatic carbocycles. The summed E-state index contributed by atoms with van der Waals surface area (Å²) in [6.07, 6.45) is 0.689. The van der Waals surface area contributed by atoms with Crippen LogP contribution in [0.15, 0.2) is 39.7 Å². The molecule has 1 aliphatic rings. The highest BCUT2D eigenvalue weighted by molar-refractivity contribution is 8.38. The van der Waals surface area contributed by atoms with Gasteiger partial charge in [0.15, 0.2) is 0 Å². The van der Waals surface area contributed by atoms with Crippen molar-refractivity contribution in [2.75, 3.05) is 12.3 Å². The molecular formula is C13H13N3OS2. The quantitative estimate of drug-likeness (QED) is 0.866. The van der Waals surface area contributed by atoms with Gasteiger partial charge in [-0.2, -0.15) is 0 Å². The minimum Gasteiger partial charge on any atom is -0.424 e. The molecule has 0 unspecified atom stereocenters. The molecule has 1 aliphatic heterocycles. The van der Waals surface area contributed by atoms with Crippen molar-refractivity contribution in [1.82, 2.24) is 10.2 Å². The van der Waals surface area contributed by atoms with Gasteiger partial charge >= 0.3 is 0 Å². The third-order valence-corrected chi connectivity index (χ3v) is 4.82. The Labute approximate surface area is 120 Å². The minimum absolute atomic E-state index is 0.669. The summed E-state index contributed by atoms with van der Waals surface area (Å²) in [5.74, 6) is 3.13. The maximum absolute atomic E-state index is 5.64. The monoisotopic (exact) mass is 291 g/mol. The zero-order valence-corrected chi connectivity index (χ0v) is 11.9. The van der Waals surface area contributed by atoms with Crippen molar-refractivity contribution in [2.24, 2.45) is 4.99 Å². The molecule has 0 N–H and O–H groups in total. The molecule has 0 bridgehead atoms. The Morgan fingerprint density at radius 1 is 1.16 bits per heavy atom. The van der Waals surface area contributed by atoms with Crippen molar-refractivity contribution < 1.29 is 4.42 Å². The summed E-state index contributed by atoms with van der Waals surface area (Å²) in [5.41, 5.74) is 1.18. The van der Waals surface area contributed by atoms with Crippen molar-refractivity contribution in [3.8, 4) is 0 Å². The number of thioether (sulfide) groups is 2. The van der Waals surface area contributed by atoms with Crippen LogP contribution in [0.3, 0.4) is 0 Å². The van der Waals surface area contributed by atoms with Crippen LogP contribution in [0.1, 0.15) is 17.3 Å². The molecule has 2 aromatic rings. The van der Waals surface area contributed by atoms with Crippen LogP contribution < -0.4 is 0 Å². The van der Waals surface area contributed by atoms with Crippen molar-refractivity contribution >= 4 is 27.9 Å². The van der Waals surface area contributed by atoms with Gasteiger partial charge in [0, 0.05) is 5.75 Å². The Morgan fingerprint density at radius 2 is 2.00 bits per heavy atom. The van der Waals surface area contributed by atoms with Gasteiger partial charge in [0.1, 0.15) is 4.38 Å². The maximum atomic E-state index is 5.64. The van der Waals surface area contributed by atoms with Crippen LogP contribution in [0.4, 0.5) is 0 Å². The predicted octanol–water partition coefficient (Wildman–Crippen LogP) is 3.00. The van der Waals surface area contributed by atoms with Gasteiger partial charge in [-0.3, -0.25) is 4.99 Å². The summed E-state index contributed by atoms with van der Waals surface area (Å²) in [5, 5.41) is 8.15. The smallest absolute Gasteiger partial charge is 0.226 e. The number of hydrogen-bond acceptors (Lipinski definition) is 6. The fourth-order valence-electron chi connectivity index (χ4n) is 1.71. The Bertz CT molecular complexity index is 568. The third kappa shape index (κ3) is 3.61. The zero-order chi connectivity index (χ0) is 12.9. The summed E-state index contributed by atoms with van der Waals surface area (Å²) in [6.45, 7) is 0.927. The number of hydrogen-bond donors (Lipinski definition) is 0. The van der Waals surface area contributed by atoms with Crippen LogP contribution in [-0.4, -0.2) is 26.9 Å². The van der Waals surface area contributed by atoms with Gasteiger partial charge in [-0.05, 0) is 5.56 Å². The number of nitrogens with zero attached hydrogens (tertiary/aromatic N) is 3. The molecule has 0 amide bonds. The van der Waals surface area contributed by atoms with E-state index in [4.69, 9.17) is 4.42 Å². The number of benzene rings is 1. The lowest BCUT2D eigenvalue weighted by molar-refractivity contribution is 0.474. The number of rotatable bonds is 4. The van der Waals surface area contributed by atoms with Crippen LogP contribution in [0.25, 0.3) is 0 Å². The van der Waals surface area contributed by atoms with Gasteiger partial charge in [-0.1, -0.05) is 53.9 Å². The summed E-state index contributed by atoms with van der Waals surface area (Å²) in [6, 6.07) is 10.1. The second-order valence-electron chi connectivity index (χ2n) is 4.04. The lowest BCUT2D eigenvalue weighted by Crippen LogP contribution is -1.87. The summed E-state index contributed by atoms with van der Waals surface area (Å²) < 4.78 is 6.77. The lowest BCUT2D eigenvalue weighted by Gasteiger charge is -1.96. The van der Waals surface area contributed by atoms with E-state index in [1.54, 1.807) is 23.5 Å². The number of aliphatic imine (C=N–C) groups is 1. The Balaban J connectivity index is 1.57. The second kappa shape index (κ2) is 6.25. The van der Waals surface area contributed by atoms with Gasteiger partial charge in [0.25, 0.3) is 0 Å². The van der Waals surface area contributed by atoms with Gasteiger partial charge in [0.2, 0.25) is 11.8 Å². The fraction of sp³-hybridized carbons (Fsp3) is 0.308. The molecule has 6 heteroatoms. The van der Waals surface area contributed by atoms with E-state index < -0.39 is 0 Å². The van der Waals surface area contributed by atoms with Gasteiger partial charge < -0.3 is 4.42 Å². The van der Waals surface area contributed by atoms with E-state index in [2.05, 4.69) is 27.3 Å². The van der Waals surface area contributed by atoms with Gasteiger partial charge in [0.05, 0.1) is 18.7 Å². The first kappa shape index (κ1) is 12.7. The van der Waals surface area contributed by atoms with Crippen molar-refractivity contribution in [1.29, 1.82) is 0 Å².